The minimum Gasteiger partial charge on any atom is -0.353 e. The zero-order valence-corrected chi connectivity index (χ0v) is 19.9. The molecule has 0 saturated heterocycles. The summed E-state index contributed by atoms with van der Waals surface area (Å²) in [4.78, 5) is 26.1. The molecule has 174 valence electrons. The first kappa shape index (κ1) is 25.4. The Hall–Kier alpha value is -2.91. The van der Waals surface area contributed by atoms with Crippen LogP contribution in [0.4, 0.5) is 5.69 Å². The zero-order valence-electron chi connectivity index (χ0n) is 19.1. The van der Waals surface area contributed by atoms with E-state index in [1.165, 1.54) is 37.3 Å². The molecule has 1 heterocycles. The Morgan fingerprint density at radius 2 is 1.84 bits per heavy atom. The maximum Gasteiger partial charge on any atom is 0.243 e. The molecule has 0 aliphatic rings. The second-order valence-electron chi connectivity index (χ2n) is 8.07. The molecule has 2 aromatic rings. The van der Waals surface area contributed by atoms with Crippen molar-refractivity contribution in [2.75, 3.05) is 25.0 Å². The van der Waals surface area contributed by atoms with Gasteiger partial charge in [0.1, 0.15) is 0 Å². The van der Waals surface area contributed by atoms with Crippen LogP contribution >= 0.6 is 0 Å². The van der Waals surface area contributed by atoms with Crippen LogP contribution in [-0.2, 0) is 33.2 Å². The van der Waals surface area contributed by atoms with Crippen molar-refractivity contribution in [2.45, 2.75) is 32.2 Å². The van der Waals surface area contributed by atoms with Crippen LogP contribution in [-0.4, -0.2) is 53.6 Å². The summed E-state index contributed by atoms with van der Waals surface area (Å²) < 4.78 is 29.5. The van der Waals surface area contributed by atoms with Gasteiger partial charge in [-0.05, 0) is 42.3 Å². The molecule has 0 unspecified atom stereocenters. The number of hydrogen-bond acceptors (Lipinski definition) is 4. The Bertz CT molecular complexity index is 1040. The van der Waals surface area contributed by atoms with Gasteiger partial charge in [-0.15, -0.1) is 6.58 Å². The normalized spacial score (nSPS) is 11.6. The number of nitrogens with zero attached hydrogens (tertiary/aromatic N) is 3. The molecule has 0 bridgehead atoms. The van der Waals surface area contributed by atoms with Crippen molar-refractivity contribution in [3.63, 3.8) is 0 Å². The summed E-state index contributed by atoms with van der Waals surface area (Å²) >= 11 is 0. The van der Waals surface area contributed by atoms with E-state index < -0.39 is 10.0 Å². The van der Waals surface area contributed by atoms with E-state index in [-0.39, 0.29) is 35.7 Å². The number of aryl methyl sites for hydroxylation is 1. The second-order valence-corrected chi connectivity index (χ2v) is 10.0. The quantitative estimate of drug-likeness (QED) is 0.522. The van der Waals surface area contributed by atoms with Gasteiger partial charge >= 0.3 is 0 Å². The molecule has 0 atom stereocenters. The van der Waals surface area contributed by atoms with E-state index in [2.05, 4.69) is 11.9 Å². The van der Waals surface area contributed by atoms with E-state index in [4.69, 9.17) is 0 Å². The van der Waals surface area contributed by atoms with Crippen LogP contribution in [0.2, 0.25) is 0 Å². The first-order valence-electron chi connectivity index (χ1n) is 10.4. The zero-order chi connectivity index (χ0) is 23.9. The summed E-state index contributed by atoms with van der Waals surface area (Å²) in [6.07, 6.45) is 3.37. The van der Waals surface area contributed by atoms with Crippen LogP contribution in [0.5, 0.6) is 0 Å². The van der Waals surface area contributed by atoms with Gasteiger partial charge in [0.15, 0.2) is 0 Å². The van der Waals surface area contributed by atoms with Crippen LogP contribution in [0, 0.1) is 5.92 Å². The van der Waals surface area contributed by atoms with Crippen molar-refractivity contribution in [2.24, 2.45) is 13.0 Å². The fraction of sp³-hybridized carbons (Fsp3) is 0.391. The van der Waals surface area contributed by atoms with Crippen LogP contribution < -0.4 is 5.32 Å². The van der Waals surface area contributed by atoms with Gasteiger partial charge in [-0.25, -0.2) is 8.42 Å². The Morgan fingerprint density at radius 1 is 1.19 bits per heavy atom. The number of nitrogens with one attached hydrogen (secondary N) is 1. The first-order valence-corrected chi connectivity index (χ1v) is 11.8. The number of hydrogen-bond donors (Lipinski definition) is 1. The highest BCUT2D eigenvalue weighted by molar-refractivity contribution is 7.89. The molecular formula is C23H32N4O4S. The Morgan fingerprint density at radius 3 is 2.34 bits per heavy atom. The predicted molar refractivity (Wildman–Crippen MR) is 125 cm³/mol. The minimum absolute atomic E-state index is 0.00118. The third kappa shape index (κ3) is 6.80. The summed E-state index contributed by atoms with van der Waals surface area (Å²) in [5, 5.41) is 2.60. The highest BCUT2D eigenvalue weighted by Crippen LogP contribution is 2.19. The molecule has 0 spiro atoms. The fourth-order valence-corrected chi connectivity index (χ4v) is 4.62. The maximum absolute atomic E-state index is 13.2. The van der Waals surface area contributed by atoms with E-state index in [1.807, 2.05) is 43.8 Å². The molecule has 0 aliphatic heterocycles. The van der Waals surface area contributed by atoms with Crippen molar-refractivity contribution >= 4 is 27.5 Å². The van der Waals surface area contributed by atoms with Gasteiger partial charge in [-0.1, -0.05) is 19.9 Å². The molecule has 0 radical (unpaired) electrons. The van der Waals surface area contributed by atoms with Gasteiger partial charge in [0.2, 0.25) is 21.8 Å². The van der Waals surface area contributed by atoms with Crippen LogP contribution in [0.3, 0.4) is 0 Å². The summed E-state index contributed by atoms with van der Waals surface area (Å²) in [6, 6.07) is 9.71. The highest BCUT2D eigenvalue weighted by Gasteiger charge is 2.28. The lowest BCUT2D eigenvalue weighted by atomic mass is 10.2. The highest BCUT2D eigenvalue weighted by atomic mass is 32.2. The van der Waals surface area contributed by atoms with Crippen molar-refractivity contribution in [1.29, 1.82) is 0 Å². The molecule has 0 fully saturated rings. The summed E-state index contributed by atoms with van der Waals surface area (Å²) in [6.45, 7) is 9.67. The molecule has 2 amide bonds. The number of carbonyl (C=O) groups excluding carboxylic acids is 2. The number of amides is 2. The average Bonchev–Trinajstić information content (AvgIpc) is 3.11. The molecule has 0 aliphatic carbocycles. The Kier molecular flexibility index (Phi) is 8.80. The third-order valence-corrected chi connectivity index (χ3v) is 6.63. The standard InChI is InChI=1S/C23H32N4O4S/c1-6-13-27(32(30,31)22-11-9-20(10-12-22)24-19(4)28)17-23(29)26(15-18(2)3)16-21-8-7-14-25(21)5/h6-12,14,18H,1,13,15-17H2,2-5H3,(H,24,28). The van der Waals surface area contributed by atoms with E-state index in [1.54, 1.807) is 4.90 Å². The van der Waals surface area contributed by atoms with E-state index in [0.29, 0.717) is 18.8 Å². The molecule has 1 N–H and O–H groups in total. The lowest BCUT2D eigenvalue weighted by Gasteiger charge is -2.28. The maximum atomic E-state index is 13.2. The van der Waals surface area contributed by atoms with Gasteiger partial charge in [0.25, 0.3) is 0 Å². The van der Waals surface area contributed by atoms with E-state index in [9.17, 15) is 18.0 Å². The second kappa shape index (κ2) is 11.1. The van der Waals surface area contributed by atoms with Crippen LogP contribution in [0.1, 0.15) is 26.5 Å². The number of anilines is 1. The average molecular weight is 461 g/mol. The van der Waals surface area contributed by atoms with Crippen molar-refractivity contribution in [3.05, 3.63) is 60.9 Å². The van der Waals surface area contributed by atoms with Gasteiger partial charge in [0.05, 0.1) is 18.0 Å². The smallest absolute Gasteiger partial charge is 0.243 e. The van der Waals surface area contributed by atoms with Crippen LogP contribution in [0.15, 0.2) is 60.1 Å². The molecular weight excluding hydrogens is 428 g/mol. The lowest BCUT2D eigenvalue weighted by molar-refractivity contribution is -0.132. The Labute approximate surface area is 190 Å². The minimum atomic E-state index is -3.94. The number of rotatable bonds is 11. The summed E-state index contributed by atoms with van der Waals surface area (Å²) in [5.41, 5.74) is 1.46. The molecule has 9 heteroatoms. The van der Waals surface area contributed by atoms with Gasteiger partial charge in [0, 0.05) is 44.6 Å². The lowest BCUT2D eigenvalue weighted by Crippen LogP contribution is -2.44. The molecule has 1 aromatic heterocycles. The third-order valence-electron chi connectivity index (χ3n) is 4.80. The molecule has 2 rings (SSSR count). The molecule has 1 aromatic carbocycles. The summed E-state index contributed by atoms with van der Waals surface area (Å²) in [5.74, 6) is -0.298. The number of carbonyl (C=O) groups is 2. The Balaban J connectivity index is 2.25. The van der Waals surface area contributed by atoms with E-state index >= 15 is 0 Å². The number of benzene rings is 1. The SMILES string of the molecule is C=CCN(CC(=O)N(Cc1cccn1C)CC(C)C)S(=O)(=O)c1ccc(NC(C)=O)cc1. The topological polar surface area (TPSA) is 91.7 Å². The number of sulfonamides is 1. The molecule has 32 heavy (non-hydrogen) atoms. The van der Waals surface area contributed by atoms with Crippen molar-refractivity contribution in [3.8, 4) is 0 Å². The fourth-order valence-electron chi connectivity index (χ4n) is 3.26. The molecule has 8 nitrogen and oxygen atoms in total. The van der Waals surface area contributed by atoms with Crippen molar-refractivity contribution in [1.82, 2.24) is 13.8 Å². The summed E-state index contributed by atoms with van der Waals surface area (Å²) in [7, 11) is -2.03. The van der Waals surface area contributed by atoms with Gasteiger partial charge < -0.3 is 14.8 Å². The monoisotopic (exact) mass is 460 g/mol. The number of aromatic nitrogens is 1. The predicted octanol–water partition coefficient (Wildman–Crippen LogP) is 2.85. The van der Waals surface area contributed by atoms with E-state index in [0.717, 1.165) is 10.00 Å². The largest absolute Gasteiger partial charge is 0.353 e. The first-order chi connectivity index (χ1) is 15.0. The molecule has 0 saturated carbocycles. The van der Waals surface area contributed by atoms with Gasteiger partial charge in [-0.2, -0.15) is 4.31 Å². The van der Waals surface area contributed by atoms with Crippen LogP contribution in [0.25, 0.3) is 0 Å². The van der Waals surface area contributed by atoms with Gasteiger partial charge in [-0.3, -0.25) is 9.59 Å². The van der Waals surface area contributed by atoms with Crippen molar-refractivity contribution < 1.29 is 18.0 Å².